The van der Waals surface area contributed by atoms with Gasteiger partial charge in [-0.1, -0.05) is 13.8 Å². The molecule has 126 valence electrons. The number of ether oxygens (including phenoxy) is 1. The van der Waals surface area contributed by atoms with Crippen LogP contribution in [0.3, 0.4) is 0 Å². The molecule has 0 spiro atoms. The molecule has 0 bridgehead atoms. The van der Waals surface area contributed by atoms with E-state index in [4.69, 9.17) is 9.84 Å². The maximum atomic E-state index is 13.5. The molecule has 23 heavy (non-hydrogen) atoms. The molecule has 0 aliphatic carbocycles. The molecule has 0 radical (unpaired) electrons. The first-order valence-electron chi connectivity index (χ1n) is 7.15. The van der Waals surface area contributed by atoms with E-state index in [9.17, 15) is 18.8 Å². The monoisotopic (exact) mass is 325 g/mol. The summed E-state index contributed by atoms with van der Waals surface area (Å²) in [6.45, 7) is 3.34. The number of benzene rings is 1. The highest BCUT2D eigenvalue weighted by Crippen LogP contribution is 2.18. The number of carboxylic acids is 1. The van der Waals surface area contributed by atoms with Gasteiger partial charge < -0.3 is 15.2 Å². The minimum absolute atomic E-state index is 0.0283. The van der Waals surface area contributed by atoms with Gasteiger partial charge in [-0.2, -0.15) is 0 Å². The first kappa shape index (κ1) is 18.6. The average molecular weight is 325 g/mol. The van der Waals surface area contributed by atoms with Gasteiger partial charge in [-0.25, -0.2) is 9.18 Å². The molecular formula is C16H20FNO5. The number of ketones is 1. The molecule has 1 rings (SSSR count). The van der Waals surface area contributed by atoms with E-state index in [0.29, 0.717) is 0 Å². The number of methoxy groups -OCH3 is 1. The summed E-state index contributed by atoms with van der Waals surface area (Å²) >= 11 is 0. The van der Waals surface area contributed by atoms with E-state index in [1.165, 1.54) is 19.2 Å². The Morgan fingerprint density at radius 3 is 2.39 bits per heavy atom. The van der Waals surface area contributed by atoms with Crippen LogP contribution in [0.5, 0.6) is 5.75 Å². The molecule has 0 aliphatic heterocycles. The van der Waals surface area contributed by atoms with Gasteiger partial charge in [0.1, 0.15) is 6.04 Å². The second kappa shape index (κ2) is 8.26. The van der Waals surface area contributed by atoms with Crippen molar-refractivity contribution in [3.8, 4) is 5.75 Å². The van der Waals surface area contributed by atoms with Gasteiger partial charge in [0.2, 0.25) is 5.91 Å². The molecule has 0 heterocycles. The topological polar surface area (TPSA) is 92.7 Å². The molecule has 1 atom stereocenters. The summed E-state index contributed by atoms with van der Waals surface area (Å²) < 4.78 is 18.3. The second-order valence-corrected chi connectivity index (χ2v) is 5.40. The van der Waals surface area contributed by atoms with E-state index in [1.54, 1.807) is 13.8 Å². The van der Waals surface area contributed by atoms with E-state index in [0.717, 1.165) is 6.07 Å². The van der Waals surface area contributed by atoms with E-state index < -0.39 is 29.5 Å². The van der Waals surface area contributed by atoms with Crippen molar-refractivity contribution in [2.45, 2.75) is 32.7 Å². The van der Waals surface area contributed by atoms with Crippen molar-refractivity contribution in [1.29, 1.82) is 0 Å². The molecule has 2 N–H and O–H groups in total. The van der Waals surface area contributed by atoms with Crippen LogP contribution >= 0.6 is 0 Å². The third kappa shape index (κ3) is 5.36. The number of nitrogens with one attached hydrogen (secondary N) is 1. The van der Waals surface area contributed by atoms with Gasteiger partial charge >= 0.3 is 5.97 Å². The first-order chi connectivity index (χ1) is 10.8. The number of carbonyl (C=O) groups excluding carboxylic acids is 2. The first-order valence-corrected chi connectivity index (χ1v) is 7.15. The fourth-order valence-corrected chi connectivity index (χ4v) is 1.97. The van der Waals surface area contributed by atoms with E-state index in [2.05, 4.69) is 5.32 Å². The summed E-state index contributed by atoms with van der Waals surface area (Å²) in [6.07, 6.45) is -0.301. The molecule has 0 aliphatic rings. The molecular weight excluding hydrogens is 305 g/mol. The summed E-state index contributed by atoms with van der Waals surface area (Å²) in [5.74, 6) is -2.97. The highest BCUT2D eigenvalue weighted by atomic mass is 19.1. The van der Waals surface area contributed by atoms with E-state index in [-0.39, 0.29) is 30.1 Å². The fourth-order valence-electron chi connectivity index (χ4n) is 1.97. The number of hydrogen-bond acceptors (Lipinski definition) is 4. The lowest BCUT2D eigenvalue weighted by Crippen LogP contribution is -2.44. The number of Topliss-reactive ketones (excluding diaryl/α,β-unsaturated/α-hetero) is 1. The van der Waals surface area contributed by atoms with Gasteiger partial charge in [-0.15, -0.1) is 0 Å². The SMILES string of the molecule is COc1ccc(C(=O)CCC(=O)N[C@@H](C(=O)O)C(C)C)cc1F. The van der Waals surface area contributed by atoms with Crippen LogP contribution in [0.1, 0.15) is 37.0 Å². The Morgan fingerprint density at radius 1 is 1.26 bits per heavy atom. The Hall–Kier alpha value is -2.44. The number of carbonyl (C=O) groups is 3. The predicted molar refractivity (Wildman–Crippen MR) is 80.9 cm³/mol. The maximum absolute atomic E-state index is 13.5. The minimum atomic E-state index is -1.13. The van der Waals surface area contributed by atoms with Crippen LogP contribution in [-0.2, 0) is 9.59 Å². The van der Waals surface area contributed by atoms with Crippen LogP contribution in [0.4, 0.5) is 4.39 Å². The molecule has 0 saturated carbocycles. The van der Waals surface area contributed by atoms with E-state index >= 15 is 0 Å². The van der Waals surface area contributed by atoms with Crippen molar-refractivity contribution < 1.29 is 28.6 Å². The Kier molecular flexibility index (Phi) is 6.68. The lowest BCUT2D eigenvalue weighted by atomic mass is 10.0. The van der Waals surface area contributed by atoms with Crippen LogP contribution in [-0.4, -0.2) is 35.9 Å². The smallest absolute Gasteiger partial charge is 0.326 e. The Bertz CT molecular complexity index is 600. The summed E-state index contributed by atoms with van der Waals surface area (Å²) in [5.41, 5.74) is 0.134. The van der Waals surface area contributed by atoms with Crippen molar-refractivity contribution in [2.75, 3.05) is 7.11 Å². The van der Waals surface area contributed by atoms with E-state index in [1.807, 2.05) is 0 Å². The highest BCUT2D eigenvalue weighted by Gasteiger charge is 2.23. The van der Waals surface area contributed by atoms with Crippen LogP contribution < -0.4 is 10.1 Å². The Morgan fingerprint density at radius 2 is 1.91 bits per heavy atom. The van der Waals surface area contributed by atoms with Gasteiger partial charge in [-0.05, 0) is 24.1 Å². The molecule has 1 aromatic carbocycles. The largest absolute Gasteiger partial charge is 0.494 e. The maximum Gasteiger partial charge on any atom is 0.326 e. The van der Waals surface area contributed by atoms with Gasteiger partial charge in [-0.3, -0.25) is 9.59 Å². The van der Waals surface area contributed by atoms with Crippen molar-refractivity contribution in [2.24, 2.45) is 5.92 Å². The standard InChI is InChI=1S/C16H20FNO5/c1-9(2)15(16(21)22)18-14(20)7-5-12(19)10-4-6-13(23-3)11(17)8-10/h4,6,8-9,15H,5,7H2,1-3H3,(H,18,20)(H,21,22)/t15-/m1/s1. The number of aliphatic carboxylic acids is 1. The number of hydrogen-bond donors (Lipinski definition) is 2. The molecule has 6 nitrogen and oxygen atoms in total. The minimum Gasteiger partial charge on any atom is -0.494 e. The third-order valence-corrected chi connectivity index (χ3v) is 3.30. The predicted octanol–water partition coefficient (Wildman–Crippen LogP) is 2.02. The number of amides is 1. The zero-order chi connectivity index (χ0) is 17.6. The van der Waals surface area contributed by atoms with Gasteiger partial charge in [0.05, 0.1) is 7.11 Å². The zero-order valence-corrected chi connectivity index (χ0v) is 13.3. The highest BCUT2D eigenvalue weighted by molar-refractivity contribution is 5.98. The van der Waals surface area contributed by atoms with Crippen molar-refractivity contribution in [1.82, 2.24) is 5.32 Å². The molecule has 1 aromatic rings. The fraction of sp³-hybridized carbons (Fsp3) is 0.438. The summed E-state index contributed by atoms with van der Waals surface area (Å²) in [4.78, 5) is 34.7. The van der Waals surface area contributed by atoms with Crippen molar-refractivity contribution in [3.05, 3.63) is 29.6 Å². The van der Waals surface area contributed by atoms with Crippen LogP contribution in [0.25, 0.3) is 0 Å². The normalized spacial score (nSPS) is 11.9. The molecule has 0 fully saturated rings. The third-order valence-electron chi connectivity index (χ3n) is 3.30. The van der Waals surface area contributed by atoms with Crippen molar-refractivity contribution in [3.63, 3.8) is 0 Å². The lowest BCUT2D eigenvalue weighted by Gasteiger charge is -2.17. The molecule has 0 saturated heterocycles. The lowest BCUT2D eigenvalue weighted by molar-refractivity contribution is -0.143. The summed E-state index contributed by atoms with van der Waals surface area (Å²) in [6, 6.07) is 2.79. The number of rotatable bonds is 8. The van der Waals surface area contributed by atoms with Crippen LogP contribution in [0.15, 0.2) is 18.2 Å². The quantitative estimate of drug-likeness (QED) is 0.713. The summed E-state index contributed by atoms with van der Waals surface area (Å²) in [5, 5.41) is 11.4. The average Bonchev–Trinajstić information content (AvgIpc) is 2.49. The van der Waals surface area contributed by atoms with Crippen LogP contribution in [0.2, 0.25) is 0 Å². The van der Waals surface area contributed by atoms with Gasteiger partial charge in [0.25, 0.3) is 0 Å². The molecule has 7 heteroatoms. The van der Waals surface area contributed by atoms with Crippen LogP contribution in [0, 0.1) is 11.7 Å². The zero-order valence-electron chi connectivity index (χ0n) is 13.3. The second-order valence-electron chi connectivity index (χ2n) is 5.40. The van der Waals surface area contributed by atoms with Gasteiger partial charge in [0.15, 0.2) is 17.3 Å². The summed E-state index contributed by atoms with van der Waals surface area (Å²) in [7, 11) is 1.32. The van der Waals surface area contributed by atoms with Crippen molar-refractivity contribution >= 4 is 17.7 Å². The van der Waals surface area contributed by atoms with Gasteiger partial charge in [0, 0.05) is 18.4 Å². The molecule has 1 amide bonds. The number of carboxylic acid groups (broad SMARTS) is 1. The Balaban J connectivity index is 2.60. The Labute approximate surface area is 133 Å². The number of halogens is 1. The molecule has 0 unspecified atom stereocenters. The molecule has 0 aromatic heterocycles.